The van der Waals surface area contributed by atoms with Gasteiger partial charge in [-0.3, -0.25) is 10.1 Å². The molecule has 0 radical (unpaired) electrons. The Morgan fingerprint density at radius 2 is 2.21 bits per heavy atom. The molecule has 0 aliphatic heterocycles. The number of hydrogen-bond donors (Lipinski definition) is 1. The molecular weight excluding hydrogens is 251 g/mol. The number of nitro benzene ring substituents is 1. The SMILES string of the molecule is COc1cc(F)c([N+](=O)[O-])c(NC2CCC(C)C2)c1. The zero-order valence-corrected chi connectivity index (χ0v) is 11.0. The van der Waals surface area contributed by atoms with E-state index in [4.69, 9.17) is 4.74 Å². The maximum absolute atomic E-state index is 13.7. The van der Waals surface area contributed by atoms with Crippen LogP contribution in [-0.2, 0) is 0 Å². The van der Waals surface area contributed by atoms with Crippen LogP contribution in [-0.4, -0.2) is 18.1 Å². The predicted octanol–water partition coefficient (Wildman–Crippen LogP) is 3.34. The van der Waals surface area contributed by atoms with Crippen molar-refractivity contribution in [2.24, 2.45) is 5.92 Å². The van der Waals surface area contributed by atoms with Gasteiger partial charge in [0.2, 0.25) is 5.82 Å². The van der Waals surface area contributed by atoms with Crippen LogP contribution in [0.15, 0.2) is 12.1 Å². The molecule has 0 aromatic heterocycles. The molecule has 0 amide bonds. The average molecular weight is 268 g/mol. The van der Waals surface area contributed by atoms with Gasteiger partial charge in [0.25, 0.3) is 0 Å². The Kier molecular flexibility index (Phi) is 3.87. The molecule has 1 saturated carbocycles. The minimum Gasteiger partial charge on any atom is -0.497 e. The predicted molar refractivity (Wildman–Crippen MR) is 70.0 cm³/mol. The van der Waals surface area contributed by atoms with Gasteiger partial charge in [-0.1, -0.05) is 6.92 Å². The lowest BCUT2D eigenvalue weighted by molar-refractivity contribution is -0.386. The van der Waals surface area contributed by atoms with E-state index >= 15 is 0 Å². The molecule has 104 valence electrons. The first-order valence-electron chi connectivity index (χ1n) is 6.29. The second-order valence-corrected chi connectivity index (χ2v) is 5.02. The van der Waals surface area contributed by atoms with Crippen molar-refractivity contribution in [2.45, 2.75) is 32.2 Å². The van der Waals surface area contributed by atoms with Crippen molar-refractivity contribution in [1.29, 1.82) is 0 Å². The van der Waals surface area contributed by atoms with Gasteiger partial charge in [0.15, 0.2) is 0 Å². The fourth-order valence-corrected chi connectivity index (χ4v) is 2.55. The van der Waals surface area contributed by atoms with Gasteiger partial charge in [-0.05, 0) is 25.2 Å². The van der Waals surface area contributed by atoms with Crippen LogP contribution in [0.4, 0.5) is 15.8 Å². The summed E-state index contributed by atoms with van der Waals surface area (Å²) in [6, 6.07) is 2.66. The highest BCUT2D eigenvalue weighted by Crippen LogP contribution is 2.35. The lowest BCUT2D eigenvalue weighted by Gasteiger charge is -2.15. The summed E-state index contributed by atoms with van der Waals surface area (Å²) in [5.74, 6) is -0.0125. The third-order valence-electron chi connectivity index (χ3n) is 3.51. The molecule has 1 aromatic carbocycles. The standard InChI is InChI=1S/C13H17FN2O3/c1-8-3-4-9(5-8)15-12-7-10(19-2)6-11(14)13(12)16(17)18/h6-9,15H,3-5H2,1-2H3. The van der Waals surface area contributed by atoms with Crippen molar-refractivity contribution in [3.8, 4) is 5.75 Å². The van der Waals surface area contributed by atoms with E-state index in [1.54, 1.807) is 0 Å². The molecule has 2 rings (SSSR count). The molecule has 2 atom stereocenters. The first kappa shape index (κ1) is 13.6. The Morgan fingerprint density at radius 3 is 2.74 bits per heavy atom. The topological polar surface area (TPSA) is 64.4 Å². The quantitative estimate of drug-likeness (QED) is 0.672. The van der Waals surface area contributed by atoms with E-state index in [-0.39, 0.29) is 17.5 Å². The van der Waals surface area contributed by atoms with E-state index in [0.717, 1.165) is 25.3 Å². The highest BCUT2D eigenvalue weighted by atomic mass is 19.1. The van der Waals surface area contributed by atoms with Gasteiger partial charge in [0.05, 0.1) is 12.0 Å². The number of methoxy groups -OCH3 is 1. The zero-order chi connectivity index (χ0) is 14.0. The van der Waals surface area contributed by atoms with Gasteiger partial charge >= 0.3 is 5.69 Å². The van der Waals surface area contributed by atoms with Gasteiger partial charge in [-0.15, -0.1) is 0 Å². The minimum absolute atomic E-state index is 0.153. The fourth-order valence-electron chi connectivity index (χ4n) is 2.55. The maximum Gasteiger partial charge on any atom is 0.327 e. The zero-order valence-electron chi connectivity index (χ0n) is 11.0. The summed E-state index contributed by atoms with van der Waals surface area (Å²) >= 11 is 0. The molecule has 0 bridgehead atoms. The third kappa shape index (κ3) is 2.94. The Labute approximate surface area is 110 Å². The average Bonchev–Trinajstić information content (AvgIpc) is 2.73. The van der Waals surface area contributed by atoms with E-state index in [0.29, 0.717) is 5.92 Å². The van der Waals surface area contributed by atoms with E-state index in [1.165, 1.54) is 13.2 Å². The molecule has 1 fully saturated rings. The first-order valence-corrected chi connectivity index (χ1v) is 6.29. The number of ether oxygens (including phenoxy) is 1. The van der Waals surface area contributed by atoms with Crippen molar-refractivity contribution in [3.63, 3.8) is 0 Å². The summed E-state index contributed by atoms with van der Waals surface area (Å²) in [5.41, 5.74) is -0.318. The lowest BCUT2D eigenvalue weighted by Crippen LogP contribution is -2.16. The molecule has 1 N–H and O–H groups in total. The number of nitro groups is 1. The highest BCUT2D eigenvalue weighted by molar-refractivity contribution is 5.65. The maximum atomic E-state index is 13.7. The van der Waals surface area contributed by atoms with Crippen LogP contribution < -0.4 is 10.1 Å². The number of rotatable bonds is 4. The van der Waals surface area contributed by atoms with Crippen LogP contribution in [0.5, 0.6) is 5.75 Å². The summed E-state index contributed by atoms with van der Waals surface area (Å²) in [4.78, 5) is 10.3. The Hall–Kier alpha value is -1.85. The second-order valence-electron chi connectivity index (χ2n) is 5.02. The monoisotopic (exact) mass is 268 g/mol. The molecule has 1 aromatic rings. The van der Waals surface area contributed by atoms with Gasteiger partial charge in [-0.25, -0.2) is 0 Å². The van der Waals surface area contributed by atoms with Crippen LogP contribution in [0.1, 0.15) is 26.2 Å². The highest BCUT2D eigenvalue weighted by Gasteiger charge is 2.27. The first-order chi connectivity index (χ1) is 9.01. The molecule has 1 aliphatic rings. The molecule has 6 heteroatoms. The number of halogens is 1. The Bertz CT molecular complexity index is 493. The molecule has 1 aliphatic carbocycles. The molecule has 19 heavy (non-hydrogen) atoms. The summed E-state index contributed by atoms with van der Waals surface area (Å²) in [7, 11) is 1.40. The number of nitrogens with one attached hydrogen (secondary N) is 1. The van der Waals surface area contributed by atoms with E-state index in [2.05, 4.69) is 12.2 Å². The number of hydrogen-bond acceptors (Lipinski definition) is 4. The van der Waals surface area contributed by atoms with Crippen molar-refractivity contribution >= 4 is 11.4 Å². The third-order valence-corrected chi connectivity index (χ3v) is 3.51. The van der Waals surface area contributed by atoms with Gasteiger partial charge < -0.3 is 10.1 Å². The van der Waals surface area contributed by atoms with Gasteiger partial charge in [0.1, 0.15) is 11.4 Å². The molecule has 0 heterocycles. The van der Waals surface area contributed by atoms with Crippen LogP contribution in [0.2, 0.25) is 0 Å². The summed E-state index contributed by atoms with van der Waals surface area (Å²) in [6.07, 6.45) is 2.96. The van der Waals surface area contributed by atoms with E-state index in [9.17, 15) is 14.5 Å². The molecule has 5 nitrogen and oxygen atoms in total. The van der Waals surface area contributed by atoms with E-state index < -0.39 is 16.4 Å². The number of anilines is 1. The van der Waals surface area contributed by atoms with Crippen molar-refractivity contribution in [3.05, 3.63) is 28.1 Å². The fraction of sp³-hybridized carbons (Fsp3) is 0.538. The molecule has 2 unspecified atom stereocenters. The van der Waals surface area contributed by atoms with Crippen LogP contribution in [0, 0.1) is 21.8 Å². The van der Waals surface area contributed by atoms with Crippen LogP contribution in [0.25, 0.3) is 0 Å². The van der Waals surface area contributed by atoms with Crippen molar-refractivity contribution in [2.75, 3.05) is 12.4 Å². The lowest BCUT2D eigenvalue weighted by atomic mass is 10.1. The van der Waals surface area contributed by atoms with Gasteiger partial charge in [0, 0.05) is 18.2 Å². The van der Waals surface area contributed by atoms with Crippen LogP contribution >= 0.6 is 0 Å². The van der Waals surface area contributed by atoms with Crippen molar-refractivity contribution < 1.29 is 14.1 Å². The number of nitrogens with zero attached hydrogens (tertiary/aromatic N) is 1. The summed E-state index contributed by atoms with van der Waals surface area (Å²) in [6.45, 7) is 2.14. The largest absolute Gasteiger partial charge is 0.497 e. The Balaban J connectivity index is 2.31. The summed E-state index contributed by atoms with van der Waals surface area (Å²) in [5, 5.41) is 14.0. The van der Waals surface area contributed by atoms with Crippen molar-refractivity contribution in [1.82, 2.24) is 0 Å². The minimum atomic E-state index is -0.877. The van der Waals surface area contributed by atoms with Gasteiger partial charge in [-0.2, -0.15) is 4.39 Å². The van der Waals surface area contributed by atoms with E-state index in [1.807, 2.05) is 0 Å². The number of benzene rings is 1. The normalized spacial score (nSPS) is 22.3. The molecule has 0 saturated heterocycles. The molecular formula is C13H17FN2O3. The second kappa shape index (κ2) is 5.42. The summed E-state index contributed by atoms with van der Waals surface area (Å²) < 4.78 is 18.7. The smallest absolute Gasteiger partial charge is 0.327 e. The van der Waals surface area contributed by atoms with Crippen LogP contribution in [0.3, 0.4) is 0 Å². The molecule has 0 spiro atoms. The Morgan fingerprint density at radius 1 is 1.47 bits per heavy atom.